The summed E-state index contributed by atoms with van der Waals surface area (Å²) < 4.78 is 18.0. The predicted molar refractivity (Wildman–Crippen MR) is 79.7 cm³/mol. The first kappa shape index (κ1) is 14.2. The molecule has 3 rings (SSSR count). The molecule has 21 heavy (non-hydrogen) atoms. The van der Waals surface area contributed by atoms with Crippen LogP contribution in [0.25, 0.3) is 11.5 Å². The van der Waals surface area contributed by atoms with Crippen molar-refractivity contribution in [2.75, 3.05) is 33.4 Å². The van der Waals surface area contributed by atoms with Crippen molar-refractivity contribution in [1.29, 1.82) is 0 Å². The molecule has 6 nitrogen and oxygen atoms in total. The van der Waals surface area contributed by atoms with E-state index >= 15 is 0 Å². The molecule has 2 aromatic rings. The molecule has 0 aliphatic carbocycles. The van der Waals surface area contributed by atoms with Crippen molar-refractivity contribution in [3.05, 3.63) is 29.1 Å². The molecule has 1 aliphatic rings. The number of nitrogens with zero attached hydrogens (tertiary/aromatic N) is 3. The molecular weight excluding hydrogens is 290 g/mol. The summed E-state index contributed by atoms with van der Waals surface area (Å²) in [5.74, 6) is 1.19. The maximum absolute atomic E-state index is 5.61. The van der Waals surface area contributed by atoms with Gasteiger partial charge in [0, 0.05) is 13.1 Å². The molecule has 0 N–H and O–H groups in total. The fourth-order valence-electron chi connectivity index (χ4n) is 2.26. The van der Waals surface area contributed by atoms with E-state index in [1.807, 2.05) is 24.3 Å². The molecule has 1 aromatic heterocycles. The molecule has 0 amide bonds. The SMILES string of the molecule is COc1ccccc1-c1nn(CN2CCOCC2)c(=S)o1. The summed E-state index contributed by atoms with van der Waals surface area (Å²) in [7, 11) is 1.62. The van der Waals surface area contributed by atoms with Gasteiger partial charge in [0.2, 0.25) is 0 Å². The second kappa shape index (κ2) is 6.38. The third-order valence-corrected chi connectivity index (χ3v) is 3.68. The lowest BCUT2D eigenvalue weighted by molar-refractivity contribution is 0.0206. The first-order chi connectivity index (χ1) is 10.3. The average Bonchev–Trinajstić information content (AvgIpc) is 2.89. The van der Waals surface area contributed by atoms with Crippen LogP contribution < -0.4 is 4.74 Å². The summed E-state index contributed by atoms with van der Waals surface area (Å²) in [6.07, 6.45) is 0. The van der Waals surface area contributed by atoms with Crippen LogP contribution in [0.1, 0.15) is 0 Å². The quantitative estimate of drug-likeness (QED) is 0.807. The second-order valence-electron chi connectivity index (χ2n) is 4.74. The molecule has 0 saturated carbocycles. The molecule has 1 aromatic carbocycles. The molecule has 1 fully saturated rings. The monoisotopic (exact) mass is 307 g/mol. The number of rotatable bonds is 4. The zero-order chi connectivity index (χ0) is 14.7. The lowest BCUT2D eigenvalue weighted by atomic mass is 10.2. The highest BCUT2D eigenvalue weighted by Crippen LogP contribution is 2.28. The first-order valence-electron chi connectivity index (χ1n) is 6.79. The Labute approximate surface area is 127 Å². The van der Waals surface area contributed by atoms with Gasteiger partial charge in [0.1, 0.15) is 5.75 Å². The number of aromatic nitrogens is 2. The van der Waals surface area contributed by atoms with Crippen molar-refractivity contribution in [3.8, 4) is 17.2 Å². The van der Waals surface area contributed by atoms with Crippen molar-refractivity contribution in [2.45, 2.75) is 6.67 Å². The van der Waals surface area contributed by atoms with Crippen LogP contribution in [-0.2, 0) is 11.4 Å². The molecule has 7 heteroatoms. The Kier molecular flexibility index (Phi) is 4.33. The van der Waals surface area contributed by atoms with Gasteiger partial charge < -0.3 is 13.9 Å². The molecule has 0 unspecified atom stereocenters. The van der Waals surface area contributed by atoms with Crippen LogP contribution in [0.2, 0.25) is 0 Å². The minimum atomic E-state index is 0.363. The maximum Gasteiger partial charge on any atom is 0.288 e. The van der Waals surface area contributed by atoms with Crippen molar-refractivity contribution >= 4 is 12.2 Å². The lowest BCUT2D eigenvalue weighted by Gasteiger charge is -2.25. The van der Waals surface area contributed by atoms with Gasteiger partial charge in [-0.1, -0.05) is 12.1 Å². The summed E-state index contributed by atoms with van der Waals surface area (Å²) in [5, 5.41) is 4.47. The van der Waals surface area contributed by atoms with E-state index in [1.54, 1.807) is 11.8 Å². The number of para-hydroxylation sites is 1. The highest BCUT2D eigenvalue weighted by atomic mass is 32.1. The number of morpholine rings is 1. The molecule has 0 radical (unpaired) electrons. The number of ether oxygens (including phenoxy) is 2. The van der Waals surface area contributed by atoms with Crippen LogP contribution in [0.4, 0.5) is 0 Å². The summed E-state index contributed by atoms with van der Waals surface area (Å²) in [5.41, 5.74) is 0.798. The third kappa shape index (κ3) is 3.15. The van der Waals surface area contributed by atoms with Crippen LogP contribution in [0.5, 0.6) is 5.75 Å². The topological polar surface area (TPSA) is 52.7 Å². The molecule has 1 aliphatic heterocycles. The first-order valence-corrected chi connectivity index (χ1v) is 7.20. The van der Waals surface area contributed by atoms with E-state index in [1.165, 1.54) is 0 Å². The van der Waals surface area contributed by atoms with Gasteiger partial charge in [-0.25, -0.2) is 4.68 Å². The second-order valence-corrected chi connectivity index (χ2v) is 5.09. The van der Waals surface area contributed by atoms with Gasteiger partial charge in [0.15, 0.2) is 0 Å². The third-order valence-electron chi connectivity index (χ3n) is 3.38. The van der Waals surface area contributed by atoms with E-state index in [4.69, 9.17) is 26.1 Å². The van der Waals surface area contributed by atoms with Gasteiger partial charge in [-0.05, 0) is 24.4 Å². The van der Waals surface area contributed by atoms with Crippen LogP contribution in [-0.4, -0.2) is 48.1 Å². The van der Waals surface area contributed by atoms with Crippen molar-refractivity contribution in [1.82, 2.24) is 14.7 Å². The summed E-state index contributed by atoms with van der Waals surface area (Å²) >= 11 is 5.26. The Morgan fingerprint density at radius 2 is 2.05 bits per heavy atom. The molecule has 0 spiro atoms. The average molecular weight is 307 g/mol. The molecule has 0 atom stereocenters. The van der Waals surface area contributed by atoms with E-state index in [9.17, 15) is 0 Å². The van der Waals surface area contributed by atoms with E-state index in [0.717, 1.165) is 31.9 Å². The molecule has 1 saturated heterocycles. The van der Waals surface area contributed by atoms with Gasteiger partial charge in [-0.3, -0.25) is 4.90 Å². The van der Waals surface area contributed by atoms with Crippen LogP contribution in [0.15, 0.2) is 28.7 Å². The number of benzene rings is 1. The fourth-order valence-corrected chi connectivity index (χ4v) is 2.44. The summed E-state index contributed by atoms with van der Waals surface area (Å²) in [6, 6.07) is 7.59. The van der Waals surface area contributed by atoms with Gasteiger partial charge >= 0.3 is 0 Å². The fraction of sp³-hybridized carbons (Fsp3) is 0.429. The van der Waals surface area contributed by atoms with Crippen molar-refractivity contribution < 1.29 is 13.9 Å². The highest BCUT2D eigenvalue weighted by Gasteiger charge is 2.16. The number of methoxy groups -OCH3 is 1. The normalized spacial score (nSPS) is 16.0. The summed E-state index contributed by atoms with van der Waals surface area (Å²) in [6.45, 7) is 3.84. The zero-order valence-corrected chi connectivity index (χ0v) is 12.6. The van der Waals surface area contributed by atoms with Crippen molar-refractivity contribution in [3.63, 3.8) is 0 Å². The minimum absolute atomic E-state index is 0.363. The van der Waals surface area contributed by atoms with Gasteiger partial charge in [-0.15, -0.1) is 5.10 Å². The van der Waals surface area contributed by atoms with Gasteiger partial charge in [-0.2, -0.15) is 0 Å². The Bertz CT molecular complexity index is 661. The van der Waals surface area contributed by atoms with E-state index in [0.29, 0.717) is 23.1 Å². The Morgan fingerprint density at radius 1 is 1.29 bits per heavy atom. The number of hydrogen-bond acceptors (Lipinski definition) is 6. The van der Waals surface area contributed by atoms with Gasteiger partial charge in [0.25, 0.3) is 10.7 Å². The Morgan fingerprint density at radius 3 is 2.81 bits per heavy atom. The van der Waals surface area contributed by atoms with Crippen LogP contribution >= 0.6 is 12.2 Å². The zero-order valence-electron chi connectivity index (χ0n) is 11.8. The Hall–Kier alpha value is -1.70. The van der Waals surface area contributed by atoms with Crippen molar-refractivity contribution in [2.24, 2.45) is 0 Å². The highest BCUT2D eigenvalue weighted by molar-refractivity contribution is 7.71. The van der Waals surface area contributed by atoms with Crippen LogP contribution in [0.3, 0.4) is 0 Å². The van der Waals surface area contributed by atoms with E-state index in [-0.39, 0.29) is 0 Å². The Balaban J connectivity index is 1.85. The minimum Gasteiger partial charge on any atom is -0.496 e. The molecule has 0 bridgehead atoms. The standard InChI is InChI=1S/C14H17N3O3S/c1-18-12-5-3-2-4-11(12)13-15-17(14(21)20-13)10-16-6-8-19-9-7-16/h2-5H,6-10H2,1H3. The molecule has 112 valence electrons. The summed E-state index contributed by atoms with van der Waals surface area (Å²) in [4.78, 5) is 2.59. The van der Waals surface area contributed by atoms with E-state index in [2.05, 4.69) is 10.00 Å². The van der Waals surface area contributed by atoms with Crippen LogP contribution in [0, 0.1) is 4.84 Å². The number of hydrogen-bond donors (Lipinski definition) is 0. The van der Waals surface area contributed by atoms with E-state index < -0.39 is 0 Å². The predicted octanol–water partition coefficient (Wildman–Crippen LogP) is 2.17. The lowest BCUT2D eigenvalue weighted by Crippen LogP contribution is -2.37. The smallest absolute Gasteiger partial charge is 0.288 e. The molecule has 2 heterocycles. The van der Waals surface area contributed by atoms with Gasteiger partial charge in [0.05, 0.1) is 32.6 Å². The maximum atomic E-state index is 5.61. The largest absolute Gasteiger partial charge is 0.496 e. The molecular formula is C14H17N3O3S.